The summed E-state index contributed by atoms with van der Waals surface area (Å²) in [6.45, 7) is 5.59. The van der Waals surface area contributed by atoms with Gasteiger partial charge in [-0.3, -0.25) is 9.36 Å². The highest BCUT2D eigenvalue weighted by atomic mass is 32.2. The maximum atomic E-state index is 12.7. The number of aromatic nitrogens is 3. The number of thiophene rings is 1. The standard InChI is InChI=1S/C21H25N5O2S2/c1-16-5-3-4-6-18(16)26-20(25-8-10-28-11-9-25)22-23-21(26)30-15-19(27)24(2)13-17-7-12-29-14-17/h3-7,12,14H,8-11,13,15H2,1-2H3. The summed E-state index contributed by atoms with van der Waals surface area (Å²) >= 11 is 3.07. The van der Waals surface area contributed by atoms with Crippen LogP contribution in [0.5, 0.6) is 0 Å². The molecule has 3 heterocycles. The highest BCUT2D eigenvalue weighted by Crippen LogP contribution is 2.29. The van der Waals surface area contributed by atoms with Crippen molar-refractivity contribution in [2.75, 3.05) is 44.0 Å². The van der Waals surface area contributed by atoms with Gasteiger partial charge in [-0.05, 0) is 40.9 Å². The van der Waals surface area contributed by atoms with E-state index < -0.39 is 0 Å². The van der Waals surface area contributed by atoms with Crippen LogP contribution >= 0.6 is 23.1 Å². The number of benzene rings is 1. The van der Waals surface area contributed by atoms with Crippen LogP contribution in [0.1, 0.15) is 11.1 Å². The molecular formula is C21H25N5O2S2. The molecule has 1 aromatic carbocycles. The van der Waals surface area contributed by atoms with Crippen LogP contribution in [0, 0.1) is 6.92 Å². The summed E-state index contributed by atoms with van der Waals surface area (Å²) in [5.41, 5.74) is 3.32. The first-order valence-electron chi connectivity index (χ1n) is 9.85. The summed E-state index contributed by atoms with van der Waals surface area (Å²) in [6.07, 6.45) is 0. The van der Waals surface area contributed by atoms with Crippen LogP contribution in [0.2, 0.25) is 0 Å². The van der Waals surface area contributed by atoms with Crippen LogP contribution in [0.15, 0.2) is 46.2 Å². The number of aryl methyl sites for hydroxylation is 1. The fourth-order valence-electron chi connectivity index (χ4n) is 3.33. The molecule has 158 valence electrons. The number of anilines is 1. The maximum Gasteiger partial charge on any atom is 0.233 e. The zero-order valence-electron chi connectivity index (χ0n) is 17.2. The topological polar surface area (TPSA) is 63.5 Å². The second-order valence-corrected chi connectivity index (χ2v) is 8.90. The van der Waals surface area contributed by atoms with E-state index >= 15 is 0 Å². The molecule has 0 atom stereocenters. The van der Waals surface area contributed by atoms with Gasteiger partial charge in [-0.15, -0.1) is 10.2 Å². The monoisotopic (exact) mass is 443 g/mol. The summed E-state index contributed by atoms with van der Waals surface area (Å²) in [6, 6.07) is 10.2. The first kappa shape index (κ1) is 20.9. The van der Waals surface area contributed by atoms with Gasteiger partial charge in [0.25, 0.3) is 0 Å². The minimum atomic E-state index is 0.0680. The molecule has 0 N–H and O–H groups in total. The molecule has 1 fully saturated rings. The van der Waals surface area contributed by atoms with E-state index in [1.807, 2.05) is 30.6 Å². The zero-order chi connectivity index (χ0) is 20.9. The van der Waals surface area contributed by atoms with E-state index in [1.165, 1.54) is 11.8 Å². The molecule has 1 saturated heterocycles. The number of amides is 1. The maximum absolute atomic E-state index is 12.7. The van der Waals surface area contributed by atoms with Crippen molar-refractivity contribution < 1.29 is 9.53 Å². The number of carbonyl (C=O) groups excluding carboxylic acids is 1. The largest absolute Gasteiger partial charge is 0.378 e. The quantitative estimate of drug-likeness (QED) is 0.523. The molecule has 1 amide bonds. The van der Waals surface area contributed by atoms with Crippen molar-refractivity contribution in [3.05, 3.63) is 52.2 Å². The smallest absolute Gasteiger partial charge is 0.233 e. The van der Waals surface area contributed by atoms with Crippen molar-refractivity contribution in [1.82, 2.24) is 19.7 Å². The number of hydrogen-bond donors (Lipinski definition) is 0. The number of ether oxygens (including phenoxy) is 1. The number of nitrogens with zero attached hydrogens (tertiary/aromatic N) is 5. The average Bonchev–Trinajstić information content (AvgIpc) is 3.43. The Kier molecular flexibility index (Phi) is 6.71. The van der Waals surface area contributed by atoms with Gasteiger partial charge >= 0.3 is 0 Å². The van der Waals surface area contributed by atoms with Gasteiger partial charge in [0, 0.05) is 26.7 Å². The van der Waals surface area contributed by atoms with Gasteiger partial charge in [0.2, 0.25) is 11.9 Å². The average molecular weight is 444 g/mol. The third-order valence-electron chi connectivity index (χ3n) is 5.02. The van der Waals surface area contributed by atoms with E-state index in [2.05, 4.69) is 44.1 Å². The van der Waals surface area contributed by atoms with Crippen LogP contribution < -0.4 is 4.90 Å². The number of morpholine rings is 1. The SMILES string of the molecule is Cc1ccccc1-n1c(SCC(=O)N(C)Cc2ccsc2)nnc1N1CCOCC1. The van der Waals surface area contributed by atoms with Crippen molar-refractivity contribution in [3.8, 4) is 5.69 Å². The predicted octanol–water partition coefficient (Wildman–Crippen LogP) is 3.22. The van der Waals surface area contributed by atoms with E-state index in [9.17, 15) is 4.79 Å². The number of thioether (sulfide) groups is 1. The Hall–Kier alpha value is -2.36. The minimum Gasteiger partial charge on any atom is -0.378 e. The van der Waals surface area contributed by atoms with Crippen LogP contribution in [0.3, 0.4) is 0 Å². The third-order valence-corrected chi connectivity index (χ3v) is 6.66. The summed E-state index contributed by atoms with van der Waals surface area (Å²) < 4.78 is 7.56. The Morgan fingerprint density at radius 2 is 2.03 bits per heavy atom. The summed E-state index contributed by atoms with van der Waals surface area (Å²) in [5.74, 6) is 1.18. The Morgan fingerprint density at radius 3 is 2.77 bits per heavy atom. The first-order valence-corrected chi connectivity index (χ1v) is 11.8. The Labute approximate surface area is 184 Å². The van der Waals surface area contributed by atoms with E-state index in [0.29, 0.717) is 25.5 Å². The molecule has 0 spiro atoms. The Balaban J connectivity index is 1.54. The molecule has 30 heavy (non-hydrogen) atoms. The lowest BCUT2D eigenvalue weighted by Gasteiger charge is -2.28. The molecular weight excluding hydrogens is 418 g/mol. The van der Waals surface area contributed by atoms with Gasteiger partial charge in [0.15, 0.2) is 5.16 Å². The Morgan fingerprint density at radius 1 is 1.23 bits per heavy atom. The fraction of sp³-hybridized carbons (Fsp3) is 0.381. The molecule has 0 aliphatic carbocycles. The summed E-state index contributed by atoms with van der Waals surface area (Å²) in [7, 11) is 1.84. The zero-order valence-corrected chi connectivity index (χ0v) is 18.8. The predicted molar refractivity (Wildman–Crippen MR) is 121 cm³/mol. The Bertz CT molecular complexity index is 983. The van der Waals surface area contributed by atoms with Gasteiger partial charge in [0.1, 0.15) is 0 Å². The molecule has 0 saturated carbocycles. The second-order valence-electron chi connectivity index (χ2n) is 7.17. The van der Waals surface area contributed by atoms with Gasteiger partial charge in [-0.1, -0.05) is 30.0 Å². The number of para-hydroxylation sites is 1. The lowest BCUT2D eigenvalue weighted by Crippen LogP contribution is -2.38. The lowest BCUT2D eigenvalue weighted by atomic mass is 10.2. The number of hydrogen-bond acceptors (Lipinski definition) is 7. The highest BCUT2D eigenvalue weighted by Gasteiger charge is 2.23. The van der Waals surface area contributed by atoms with Crippen LogP contribution in [0.4, 0.5) is 5.95 Å². The molecule has 4 rings (SSSR count). The number of carbonyl (C=O) groups is 1. The fourth-order valence-corrected chi connectivity index (χ4v) is 4.87. The molecule has 3 aromatic rings. The van der Waals surface area contributed by atoms with Crippen LogP contribution in [-0.2, 0) is 16.1 Å². The molecule has 2 aromatic heterocycles. The minimum absolute atomic E-state index is 0.0680. The van der Waals surface area contributed by atoms with Crippen molar-refractivity contribution in [3.63, 3.8) is 0 Å². The van der Waals surface area contributed by atoms with E-state index in [1.54, 1.807) is 16.2 Å². The van der Waals surface area contributed by atoms with Crippen molar-refractivity contribution in [1.29, 1.82) is 0 Å². The normalized spacial score (nSPS) is 14.1. The van der Waals surface area contributed by atoms with Gasteiger partial charge in [0.05, 0.1) is 24.7 Å². The molecule has 7 nitrogen and oxygen atoms in total. The highest BCUT2D eigenvalue weighted by molar-refractivity contribution is 7.99. The van der Waals surface area contributed by atoms with E-state index in [4.69, 9.17) is 4.74 Å². The molecule has 0 radical (unpaired) electrons. The van der Waals surface area contributed by atoms with Crippen LogP contribution in [-0.4, -0.2) is 64.7 Å². The molecule has 1 aliphatic rings. The third kappa shape index (κ3) is 4.69. The lowest BCUT2D eigenvalue weighted by molar-refractivity contribution is -0.127. The second kappa shape index (κ2) is 9.63. The molecule has 0 bridgehead atoms. The van der Waals surface area contributed by atoms with E-state index in [-0.39, 0.29) is 5.91 Å². The van der Waals surface area contributed by atoms with Crippen molar-refractivity contribution in [2.24, 2.45) is 0 Å². The van der Waals surface area contributed by atoms with E-state index in [0.717, 1.165) is 41.0 Å². The van der Waals surface area contributed by atoms with Crippen LogP contribution in [0.25, 0.3) is 5.69 Å². The van der Waals surface area contributed by atoms with Gasteiger partial charge in [-0.25, -0.2) is 0 Å². The van der Waals surface area contributed by atoms with Gasteiger partial charge in [-0.2, -0.15) is 11.3 Å². The van der Waals surface area contributed by atoms with Gasteiger partial charge < -0.3 is 14.5 Å². The van der Waals surface area contributed by atoms with Crippen molar-refractivity contribution in [2.45, 2.75) is 18.6 Å². The summed E-state index contributed by atoms with van der Waals surface area (Å²) in [5, 5.41) is 13.7. The number of rotatable bonds is 7. The molecule has 9 heteroatoms. The molecule has 0 unspecified atom stereocenters. The summed E-state index contributed by atoms with van der Waals surface area (Å²) in [4.78, 5) is 16.6. The molecule has 1 aliphatic heterocycles. The van der Waals surface area contributed by atoms with Crippen molar-refractivity contribution >= 4 is 35.0 Å². The first-order chi connectivity index (χ1) is 14.6.